The molecule has 5 nitrogen and oxygen atoms in total. The second-order valence-electron chi connectivity index (χ2n) is 4.24. The Kier molecular flexibility index (Phi) is 5.18. The number of amides is 2. The highest BCUT2D eigenvalue weighted by Gasteiger charge is 2.01. The van der Waals surface area contributed by atoms with Crippen molar-refractivity contribution in [2.24, 2.45) is 0 Å². The molecule has 2 aromatic rings. The summed E-state index contributed by atoms with van der Waals surface area (Å²) < 4.78 is 5.46. The van der Waals surface area contributed by atoms with Crippen LogP contribution in [0.25, 0.3) is 0 Å². The Morgan fingerprint density at radius 2 is 1.95 bits per heavy atom. The van der Waals surface area contributed by atoms with Crippen LogP contribution in [-0.4, -0.2) is 19.2 Å². The molecule has 0 aliphatic carbocycles. The maximum absolute atomic E-state index is 11.7. The number of nitriles is 1. The molecule has 106 valence electrons. The average molecular weight is 281 g/mol. The van der Waals surface area contributed by atoms with E-state index in [9.17, 15) is 4.79 Å². The zero-order chi connectivity index (χ0) is 14.9. The lowest BCUT2D eigenvalue weighted by atomic mass is 10.2. The Labute approximate surface area is 123 Å². The van der Waals surface area contributed by atoms with E-state index in [0.717, 1.165) is 5.75 Å². The zero-order valence-corrected chi connectivity index (χ0v) is 11.4. The lowest BCUT2D eigenvalue weighted by Gasteiger charge is -2.09. The molecule has 2 rings (SSSR count). The van der Waals surface area contributed by atoms with Gasteiger partial charge in [0.15, 0.2) is 0 Å². The number of benzene rings is 2. The van der Waals surface area contributed by atoms with E-state index in [0.29, 0.717) is 24.4 Å². The highest BCUT2D eigenvalue weighted by molar-refractivity contribution is 5.89. The molecule has 0 fully saturated rings. The molecule has 0 bridgehead atoms. The molecule has 2 aromatic carbocycles. The third-order valence-corrected chi connectivity index (χ3v) is 2.65. The standard InChI is InChI=1S/C16H15N3O2/c17-12-13-5-4-6-14(11-13)19-16(20)18-9-10-21-15-7-2-1-3-8-15/h1-8,11H,9-10H2,(H2,18,19,20). The highest BCUT2D eigenvalue weighted by Crippen LogP contribution is 2.09. The number of rotatable bonds is 5. The molecule has 21 heavy (non-hydrogen) atoms. The van der Waals surface area contributed by atoms with Gasteiger partial charge in [0.25, 0.3) is 0 Å². The smallest absolute Gasteiger partial charge is 0.319 e. The number of hydrogen-bond acceptors (Lipinski definition) is 3. The van der Waals surface area contributed by atoms with E-state index >= 15 is 0 Å². The first kappa shape index (κ1) is 14.4. The van der Waals surface area contributed by atoms with Crippen LogP contribution in [0, 0.1) is 11.3 Å². The third-order valence-electron chi connectivity index (χ3n) is 2.65. The van der Waals surface area contributed by atoms with Crippen LogP contribution in [0.3, 0.4) is 0 Å². The van der Waals surface area contributed by atoms with Crippen LogP contribution in [0.15, 0.2) is 54.6 Å². The third kappa shape index (κ3) is 4.88. The van der Waals surface area contributed by atoms with Crippen molar-refractivity contribution < 1.29 is 9.53 Å². The molecular formula is C16H15N3O2. The van der Waals surface area contributed by atoms with Gasteiger partial charge in [0.2, 0.25) is 0 Å². The van der Waals surface area contributed by atoms with Crippen molar-refractivity contribution in [3.63, 3.8) is 0 Å². The number of ether oxygens (including phenoxy) is 1. The van der Waals surface area contributed by atoms with Gasteiger partial charge < -0.3 is 15.4 Å². The van der Waals surface area contributed by atoms with Crippen LogP contribution in [0.5, 0.6) is 5.75 Å². The van der Waals surface area contributed by atoms with Crippen molar-refractivity contribution in [3.8, 4) is 11.8 Å². The van der Waals surface area contributed by atoms with Crippen molar-refractivity contribution in [2.45, 2.75) is 0 Å². The maximum Gasteiger partial charge on any atom is 0.319 e. The van der Waals surface area contributed by atoms with Crippen molar-refractivity contribution in [1.29, 1.82) is 5.26 Å². The monoisotopic (exact) mass is 281 g/mol. The summed E-state index contributed by atoms with van der Waals surface area (Å²) in [7, 11) is 0. The quantitative estimate of drug-likeness (QED) is 0.827. The second kappa shape index (κ2) is 7.56. The summed E-state index contributed by atoms with van der Waals surface area (Å²) in [4.78, 5) is 11.7. The Morgan fingerprint density at radius 3 is 2.71 bits per heavy atom. The van der Waals surface area contributed by atoms with Gasteiger partial charge >= 0.3 is 6.03 Å². The summed E-state index contributed by atoms with van der Waals surface area (Å²) in [6, 6.07) is 17.8. The van der Waals surface area contributed by atoms with E-state index in [1.807, 2.05) is 36.4 Å². The zero-order valence-electron chi connectivity index (χ0n) is 11.4. The Balaban J connectivity index is 1.71. The summed E-state index contributed by atoms with van der Waals surface area (Å²) in [5.74, 6) is 0.765. The molecule has 2 N–H and O–H groups in total. The number of nitrogens with zero attached hydrogens (tertiary/aromatic N) is 1. The molecule has 0 atom stereocenters. The molecule has 5 heteroatoms. The summed E-state index contributed by atoms with van der Waals surface area (Å²) in [6.45, 7) is 0.772. The number of carbonyl (C=O) groups is 1. The van der Waals surface area contributed by atoms with Gasteiger partial charge in [-0.3, -0.25) is 0 Å². The first-order valence-corrected chi connectivity index (χ1v) is 6.51. The average Bonchev–Trinajstić information content (AvgIpc) is 2.53. The number of urea groups is 1. The van der Waals surface area contributed by atoms with E-state index < -0.39 is 0 Å². The fraction of sp³-hybridized carbons (Fsp3) is 0.125. The minimum absolute atomic E-state index is 0.332. The summed E-state index contributed by atoms with van der Waals surface area (Å²) in [5, 5.41) is 14.1. The maximum atomic E-state index is 11.7. The molecule has 0 aliphatic rings. The molecule has 0 aromatic heterocycles. The topological polar surface area (TPSA) is 74.2 Å². The molecule has 0 radical (unpaired) electrons. The lowest BCUT2D eigenvalue weighted by Crippen LogP contribution is -2.32. The molecule has 0 saturated heterocycles. The second-order valence-corrected chi connectivity index (χ2v) is 4.24. The molecular weight excluding hydrogens is 266 g/mol. The number of carbonyl (C=O) groups excluding carboxylic acids is 1. The number of para-hydroxylation sites is 1. The van der Waals surface area contributed by atoms with Crippen LogP contribution in [0.1, 0.15) is 5.56 Å². The first-order valence-electron chi connectivity index (χ1n) is 6.51. The van der Waals surface area contributed by atoms with Crippen LogP contribution in [0.2, 0.25) is 0 Å². The van der Waals surface area contributed by atoms with Crippen molar-refractivity contribution in [2.75, 3.05) is 18.5 Å². The SMILES string of the molecule is N#Cc1cccc(NC(=O)NCCOc2ccccc2)c1. The fourth-order valence-corrected chi connectivity index (χ4v) is 1.69. The van der Waals surface area contributed by atoms with Gasteiger partial charge in [-0.2, -0.15) is 5.26 Å². The van der Waals surface area contributed by atoms with Crippen LogP contribution < -0.4 is 15.4 Å². The Hall–Kier alpha value is -3.00. The summed E-state index contributed by atoms with van der Waals surface area (Å²) in [6.07, 6.45) is 0. The first-order chi connectivity index (χ1) is 10.3. The predicted octanol–water partition coefficient (Wildman–Crippen LogP) is 2.76. The number of anilines is 1. The summed E-state index contributed by atoms with van der Waals surface area (Å²) >= 11 is 0. The van der Waals surface area contributed by atoms with Crippen molar-refractivity contribution in [1.82, 2.24) is 5.32 Å². The van der Waals surface area contributed by atoms with Gasteiger partial charge in [0.05, 0.1) is 18.2 Å². The number of hydrogen-bond donors (Lipinski definition) is 2. The van der Waals surface area contributed by atoms with Gasteiger partial charge in [-0.15, -0.1) is 0 Å². The van der Waals surface area contributed by atoms with E-state index in [2.05, 4.69) is 10.6 Å². The minimum atomic E-state index is -0.332. The lowest BCUT2D eigenvalue weighted by molar-refractivity contribution is 0.247. The molecule has 0 unspecified atom stereocenters. The molecule has 0 heterocycles. The largest absolute Gasteiger partial charge is 0.492 e. The fourth-order valence-electron chi connectivity index (χ4n) is 1.69. The van der Waals surface area contributed by atoms with E-state index in [1.165, 1.54) is 0 Å². The van der Waals surface area contributed by atoms with Gasteiger partial charge in [0, 0.05) is 5.69 Å². The van der Waals surface area contributed by atoms with Gasteiger partial charge in [-0.25, -0.2) is 4.79 Å². The van der Waals surface area contributed by atoms with Crippen LogP contribution in [0.4, 0.5) is 10.5 Å². The summed E-state index contributed by atoms with van der Waals surface area (Å²) in [5.41, 5.74) is 1.08. The van der Waals surface area contributed by atoms with E-state index in [4.69, 9.17) is 10.00 Å². The van der Waals surface area contributed by atoms with E-state index in [-0.39, 0.29) is 6.03 Å². The highest BCUT2D eigenvalue weighted by atomic mass is 16.5. The predicted molar refractivity (Wildman–Crippen MR) is 80.1 cm³/mol. The van der Waals surface area contributed by atoms with Crippen LogP contribution in [-0.2, 0) is 0 Å². The van der Waals surface area contributed by atoms with Gasteiger partial charge in [-0.1, -0.05) is 24.3 Å². The number of nitrogens with one attached hydrogen (secondary N) is 2. The minimum Gasteiger partial charge on any atom is -0.492 e. The van der Waals surface area contributed by atoms with Crippen LogP contribution >= 0.6 is 0 Å². The van der Waals surface area contributed by atoms with Gasteiger partial charge in [0.1, 0.15) is 12.4 Å². The Morgan fingerprint density at radius 1 is 1.14 bits per heavy atom. The normalized spacial score (nSPS) is 9.48. The van der Waals surface area contributed by atoms with Crippen molar-refractivity contribution in [3.05, 3.63) is 60.2 Å². The van der Waals surface area contributed by atoms with Gasteiger partial charge in [-0.05, 0) is 30.3 Å². The van der Waals surface area contributed by atoms with Crippen molar-refractivity contribution >= 4 is 11.7 Å². The molecule has 2 amide bonds. The molecule has 0 spiro atoms. The molecule has 0 saturated carbocycles. The molecule has 0 aliphatic heterocycles. The van der Waals surface area contributed by atoms with E-state index in [1.54, 1.807) is 24.3 Å². The Bertz CT molecular complexity index is 635.